The molecule has 9 nitrogen and oxygen atoms in total. The summed E-state index contributed by atoms with van der Waals surface area (Å²) >= 11 is 0. The van der Waals surface area contributed by atoms with Crippen LogP contribution in [0.1, 0.15) is 58.3 Å². The maximum atomic E-state index is 15.1. The monoisotopic (exact) mass is 493 g/mol. The highest BCUT2D eigenvalue weighted by molar-refractivity contribution is 5.90. The predicted molar refractivity (Wildman–Crippen MR) is 137 cm³/mol. The van der Waals surface area contributed by atoms with Gasteiger partial charge >= 0.3 is 0 Å². The molecule has 0 spiro atoms. The van der Waals surface area contributed by atoms with Gasteiger partial charge in [0.25, 0.3) is 0 Å². The van der Waals surface area contributed by atoms with Gasteiger partial charge in [0.05, 0.1) is 12.6 Å². The summed E-state index contributed by atoms with van der Waals surface area (Å²) in [5.74, 6) is 1.31. The average Bonchev–Trinajstić information content (AvgIpc) is 3.40. The number of anilines is 1. The maximum absolute atomic E-state index is 15.1. The third-order valence-corrected chi connectivity index (χ3v) is 6.89. The lowest BCUT2D eigenvalue weighted by Gasteiger charge is -2.29. The summed E-state index contributed by atoms with van der Waals surface area (Å²) < 4.78 is 24.5. The molecule has 5 rings (SSSR count). The second-order valence-electron chi connectivity index (χ2n) is 9.81. The van der Waals surface area contributed by atoms with Crippen molar-refractivity contribution in [1.29, 1.82) is 0 Å². The smallest absolute Gasteiger partial charge is 0.244 e. The number of hydrogen-bond donors (Lipinski definition) is 2. The van der Waals surface area contributed by atoms with Gasteiger partial charge in [0.15, 0.2) is 5.82 Å². The number of imidazole rings is 1. The summed E-state index contributed by atoms with van der Waals surface area (Å²) in [6.45, 7) is 7.57. The molecule has 190 valence electrons. The number of methoxy groups -OCH3 is 1. The first-order valence-electron chi connectivity index (χ1n) is 12.4. The minimum Gasteiger partial charge on any atom is -0.479 e. The summed E-state index contributed by atoms with van der Waals surface area (Å²) in [6, 6.07) is 5.96. The molecule has 36 heavy (non-hydrogen) atoms. The quantitative estimate of drug-likeness (QED) is 0.406. The van der Waals surface area contributed by atoms with Crippen molar-refractivity contribution in [3.05, 3.63) is 36.0 Å². The molecule has 3 aromatic heterocycles. The molecule has 0 unspecified atom stereocenters. The molecule has 10 heteroatoms. The molecule has 2 N–H and O–H groups in total. The van der Waals surface area contributed by atoms with Gasteiger partial charge in [-0.2, -0.15) is 4.98 Å². The molecule has 3 heterocycles. The number of hydrogen-bond acceptors (Lipinski definition) is 6. The Morgan fingerprint density at radius 3 is 2.56 bits per heavy atom. The molecule has 1 aromatic carbocycles. The van der Waals surface area contributed by atoms with E-state index < -0.39 is 0 Å². The van der Waals surface area contributed by atoms with E-state index in [-0.39, 0.29) is 29.8 Å². The van der Waals surface area contributed by atoms with Crippen molar-refractivity contribution in [3.8, 4) is 17.0 Å². The Morgan fingerprint density at radius 1 is 1.17 bits per heavy atom. The van der Waals surface area contributed by atoms with Gasteiger partial charge in [-0.25, -0.2) is 13.9 Å². The molecule has 0 bridgehead atoms. The van der Waals surface area contributed by atoms with Gasteiger partial charge in [0.2, 0.25) is 17.7 Å². The molecular formula is C26H32FN7O2. The number of aryl methyl sites for hydroxylation is 1. The van der Waals surface area contributed by atoms with Crippen LogP contribution in [0.4, 0.5) is 10.3 Å². The second-order valence-corrected chi connectivity index (χ2v) is 9.81. The van der Waals surface area contributed by atoms with Gasteiger partial charge in [0, 0.05) is 36.8 Å². The Morgan fingerprint density at radius 2 is 1.89 bits per heavy atom. The van der Waals surface area contributed by atoms with E-state index in [1.54, 1.807) is 18.5 Å². The van der Waals surface area contributed by atoms with Crippen molar-refractivity contribution >= 4 is 28.4 Å². The lowest BCUT2D eigenvalue weighted by atomic mass is 9.91. The molecule has 0 aliphatic heterocycles. The van der Waals surface area contributed by atoms with Crippen LogP contribution in [0.5, 0.6) is 5.88 Å². The van der Waals surface area contributed by atoms with E-state index >= 15 is 4.39 Å². The van der Waals surface area contributed by atoms with E-state index in [4.69, 9.17) is 4.74 Å². The van der Waals surface area contributed by atoms with E-state index in [1.165, 1.54) is 6.07 Å². The average molecular weight is 494 g/mol. The number of carbonyl (C=O) groups is 1. The molecule has 4 aromatic rings. The van der Waals surface area contributed by atoms with Crippen LogP contribution >= 0.6 is 0 Å². The van der Waals surface area contributed by atoms with Crippen LogP contribution in [0, 0.1) is 12.7 Å². The Labute approximate surface area is 209 Å². The van der Waals surface area contributed by atoms with E-state index in [0.29, 0.717) is 28.4 Å². The molecule has 0 atom stereocenters. The minimum atomic E-state index is -0.364. The molecule has 0 radical (unpaired) electrons. The van der Waals surface area contributed by atoms with Crippen molar-refractivity contribution in [2.24, 2.45) is 0 Å². The van der Waals surface area contributed by atoms with Gasteiger partial charge < -0.3 is 19.9 Å². The fraction of sp³-hybridized carbons (Fsp3) is 0.462. The van der Waals surface area contributed by atoms with Crippen LogP contribution in [0.15, 0.2) is 24.4 Å². The van der Waals surface area contributed by atoms with Crippen molar-refractivity contribution in [1.82, 2.24) is 29.5 Å². The molecule has 1 fully saturated rings. The Bertz CT molecular complexity index is 1430. The van der Waals surface area contributed by atoms with Gasteiger partial charge in [-0.15, -0.1) is 5.10 Å². The Balaban J connectivity index is 1.47. The van der Waals surface area contributed by atoms with Gasteiger partial charge in [-0.1, -0.05) is 0 Å². The third kappa shape index (κ3) is 4.36. The molecule has 1 amide bonds. The molecule has 1 saturated carbocycles. The molecular weight excluding hydrogens is 461 g/mol. The highest BCUT2D eigenvalue weighted by Gasteiger charge is 2.24. The number of halogens is 1. The van der Waals surface area contributed by atoms with E-state index in [9.17, 15) is 4.79 Å². The summed E-state index contributed by atoms with van der Waals surface area (Å²) in [5, 5.41) is 11.1. The van der Waals surface area contributed by atoms with Crippen molar-refractivity contribution in [2.45, 2.75) is 71.5 Å². The van der Waals surface area contributed by atoms with E-state index in [2.05, 4.69) is 39.5 Å². The highest BCUT2D eigenvalue weighted by Crippen LogP contribution is 2.35. The fourth-order valence-corrected chi connectivity index (χ4v) is 5.36. The SMILES string of the molecule is COc1nc(NC2CCC(NC(C)=O)CC2)nn2ccc(-c3cc(F)c4nc(C)n(C(C)C)c4c3)c12. The number of fused-ring (bicyclic) bond motifs is 2. The number of nitrogens with zero attached hydrogens (tertiary/aromatic N) is 5. The standard InChI is InChI=1S/C26H32FN7O2/c1-14(2)34-15(3)28-23-21(27)12-17(13-22(23)34)20-10-11-33-24(20)25(36-5)31-26(32-33)30-19-8-6-18(7-9-19)29-16(4)35/h10-14,18-19H,6-9H2,1-5H3,(H,29,35)(H,30,32). The number of aromatic nitrogens is 5. The maximum Gasteiger partial charge on any atom is 0.244 e. The zero-order chi connectivity index (χ0) is 25.6. The Kier molecular flexibility index (Phi) is 6.27. The minimum absolute atomic E-state index is 0.0103. The zero-order valence-corrected chi connectivity index (χ0v) is 21.3. The first-order valence-corrected chi connectivity index (χ1v) is 12.4. The largest absolute Gasteiger partial charge is 0.479 e. The first kappa shape index (κ1) is 24.0. The van der Waals surface area contributed by atoms with E-state index in [1.807, 2.05) is 29.8 Å². The van der Waals surface area contributed by atoms with Crippen LogP contribution in [-0.2, 0) is 4.79 Å². The lowest BCUT2D eigenvalue weighted by Crippen LogP contribution is -2.39. The number of carbonyl (C=O) groups excluding carboxylic acids is 1. The number of nitrogens with one attached hydrogen (secondary N) is 2. The van der Waals surface area contributed by atoms with Crippen LogP contribution in [-0.4, -0.2) is 49.2 Å². The molecule has 1 aliphatic carbocycles. The number of benzene rings is 1. The van der Waals surface area contributed by atoms with Crippen LogP contribution in [0.3, 0.4) is 0 Å². The van der Waals surface area contributed by atoms with Crippen LogP contribution < -0.4 is 15.4 Å². The lowest BCUT2D eigenvalue weighted by molar-refractivity contribution is -0.119. The first-order chi connectivity index (χ1) is 17.2. The summed E-state index contributed by atoms with van der Waals surface area (Å²) in [4.78, 5) is 20.4. The van der Waals surface area contributed by atoms with E-state index in [0.717, 1.165) is 42.6 Å². The van der Waals surface area contributed by atoms with Crippen LogP contribution in [0.25, 0.3) is 27.7 Å². The molecule has 0 saturated heterocycles. The number of amides is 1. The topological polar surface area (TPSA) is 98.4 Å². The van der Waals surface area contributed by atoms with Crippen LogP contribution in [0.2, 0.25) is 0 Å². The summed E-state index contributed by atoms with van der Waals surface area (Å²) in [6.07, 6.45) is 5.47. The zero-order valence-electron chi connectivity index (χ0n) is 21.3. The Hall–Kier alpha value is -3.69. The fourth-order valence-electron chi connectivity index (χ4n) is 5.36. The van der Waals surface area contributed by atoms with Gasteiger partial charge in [-0.05, 0) is 70.2 Å². The second kappa shape index (κ2) is 9.40. The summed E-state index contributed by atoms with van der Waals surface area (Å²) in [5.41, 5.74) is 3.29. The highest BCUT2D eigenvalue weighted by atomic mass is 19.1. The normalized spacial score (nSPS) is 18.2. The van der Waals surface area contributed by atoms with Gasteiger partial charge in [-0.3, -0.25) is 4.79 Å². The van der Waals surface area contributed by atoms with Gasteiger partial charge in [0.1, 0.15) is 16.9 Å². The number of ether oxygens (including phenoxy) is 1. The van der Waals surface area contributed by atoms with Crippen molar-refractivity contribution in [2.75, 3.05) is 12.4 Å². The van der Waals surface area contributed by atoms with Crippen molar-refractivity contribution < 1.29 is 13.9 Å². The van der Waals surface area contributed by atoms with Crippen molar-refractivity contribution in [3.63, 3.8) is 0 Å². The summed E-state index contributed by atoms with van der Waals surface area (Å²) in [7, 11) is 1.57. The number of rotatable bonds is 6. The third-order valence-electron chi connectivity index (χ3n) is 6.89. The predicted octanol–water partition coefficient (Wildman–Crippen LogP) is 4.64. The molecule has 1 aliphatic rings.